The minimum absolute atomic E-state index is 0.0859. The van der Waals surface area contributed by atoms with Crippen molar-refractivity contribution in [1.82, 2.24) is 4.98 Å². The summed E-state index contributed by atoms with van der Waals surface area (Å²) in [6.07, 6.45) is 3.84. The topological polar surface area (TPSA) is 54.1 Å². The number of para-hydroxylation sites is 1. The van der Waals surface area contributed by atoms with Gasteiger partial charge in [-0.15, -0.1) is 0 Å². The van der Waals surface area contributed by atoms with Crippen LogP contribution in [0.15, 0.2) is 48.7 Å². The van der Waals surface area contributed by atoms with E-state index in [-0.39, 0.29) is 5.91 Å². The number of hydrogen-bond donors (Lipinski definition) is 2. The number of nitrogens with one attached hydrogen (secondary N) is 2. The highest BCUT2D eigenvalue weighted by Crippen LogP contribution is 2.36. The molecular weight excluding hydrogens is 288 g/mol. The van der Waals surface area contributed by atoms with E-state index < -0.39 is 0 Å². The number of aromatic amines is 1. The third-order valence-electron chi connectivity index (χ3n) is 4.00. The molecule has 1 amide bonds. The summed E-state index contributed by atoms with van der Waals surface area (Å²) >= 11 is 0. The van der Waals surface area contributed by atoms with Gasteiger partial charge in [0.15, 0.2) is 0 Å². The largest absolute Gasteiger partial charge is 0.494 e. The molecule has 0 aliphatic carbocycles. The van der Waals surface area contributed by atoms with E-state index >= 15 is 0 Å². The molecule has 114 valence electrons. The van der Waals surface area contributed by atoms with Crippen LogP contribution >= 0.6 is 0 Å². The van der Waals surface area contributed by atoms with Crippen molar-refractivity contribution in [3.8, 4) is 5.75 Å². The lowest BCUT2D eigenvalue weighted by Crippen LogP contribution is -2.03. The third kappa shape index (κ3) is 2.28. The molecule has 23 heavy (non-hydrogen) atoms. The molecule has 4 nitrogen and oxygen atoms in total. The van der Waals surface area contributed by atoms with Crippen molar-refractivity contribution in [2.75, 3.05) is 11.9 Å². The highest BCUT2D eigenvalue weighted by molar-refractivity contribution is 6.35. The van der Waals surface area contributed by atoms with Crippen molar-refractivity contribution in [2.24, 2.45) is 0 Å². The van der Waals surface area contributed by atoms with Crippen molar-refractivity contribution in [2.45, 2.75) is 6.92 Å². The number of ether oxygens (including phenoxy) is 1. The van der Waals surface area contributed by atoms with Crippen molar-refractivity contribution >= 4 is 34.1 Å². The maximum atomic E-state index is 12.3. The fourth-order valence-electron chi connectivity index (χ4n) is 2.96. The maximum Gasteiger partial charge on any atom is 0.256 e. The van der Waals surface area contributed by atoms with E-state index in [1.165, 1.54) is 0 Å². The SMILES string of the molecule is CCOc1ccc2c(c1)NC(=O)C2=Cc1cccc2cc[nH]c12. The van der Waals surface area contributed by atoms with Gasteiger partial charge in [-0.1, -0.05) is 18.2 Å². The molecule has 1 aliphatic rings. The van der Waals surface area contributed by atoms with Gasteiger partial charge in [0.25, 0.3) is 5.91 Å². The summed E-state index contributed by atoms with van der Waals surface area (Å²) in [6.45, 7) is 2.54. The lowest BCUT2D eigenvalue weighted by atomic mass is 10.0. The second-order valence-electron chi connectivity index (χ2n) is 5.44. The smallest absolute Gasteiger partial charge is 0.256 e. The first-order valence-corrected chi connectivity index (χ1v) is 7.62. The first-order valence-electron chi connectivity index (χ1n) is 7.62. The van der Waals surface area contributed by atoms with E-state index in [4.69, 9.17) is 4.74 Å². The zero-order chi connectivity index (χ0) is 15.8. The zero-order valence-corrected chi connectivity index (χ0v) is 12.7. The van der Waals surface area contributed by atoms with E-state index in [1.807, 2.05) is 61.7 Å². The van der Waals surface area contributed by atoms with Gasteiger partial charge in [-0.05, 0) is 42.1 Å². The second kappa shape index (κ2) is 5.32. The van der Waals surface area contributed by atoms with E-state index in [0.717, 1.165) is 33.5 Å². The Hall–Kier alpha value is -3.01. The predicted molar refractivity (Wildman–Crippen MR) is 92.4 cm³/mol. The first-order chi connectivity index (χ1) is 11.3. The van der Waals surface area contributed by atoms with Gasteiger partial charge in [0.05, 0.1) is 17.8 Å². The molecular formula is C19H16N2O2. The van der Waals surface area contributed by atoms with Crippen LogP contribution in [0.2, 0.25) is 0 Å². The highest BCUT2D eigenvalue weighted by atomic mass is 16.5. The summed E-state index contributed by atoms with van der Waals surface area (Å²) in [5.74, 6) is 0.677. The molecule has 0 atom stereocenters. The molecule has 0 saturated heterocycles. The van der Waals surface area contributed by atoms with Gasteiger partial charge in [-0.3, -0.25) is 4.79 Å². The minimum atomic E-state index is -0.0859. The van der Waals surface area contributed by atoms with Gasteiger partial charge >= 0.3 is 0 Å². The first kappa shape index (κ1) is 13.6. The normalized spacial score (nSPS) is 15.0. The van der Waals surface area contributed by atoms with Crippen LogP contribution in [-0.4, -0.2) is 17.5 Å². The number of amides is 1. The molecule has 1 aromatic heterocycles. The summed E-state index contributed by atoms with van der Waals surface area (Å²) in [5, 5.41) is 4.04. The number of rotatable bonds is 3. The molecule has 2 heterocycles. The van der Waals surface area contributed by atoms with Gasteiger partial charge in [-0.25, -0.2) is 0 Å². The number of carbonyl (C=O) groups is 1. The van der Waals surface area contributed by atoms with Crippen molar-refractivity contribution < 1.29 is 9.53 Å². The standard InChI is InChI=1S/C19H16N2O2/c1-2-23-14-6-7-15-16(19(22)21-17(15)11-14)10-13-5-3-4-12-8-9-20-18(12)13/h3-11,20H,2H2,1H3,(H,21,22). The third-order valence-corrected chi connectivity index (χ3v) is 4.00. The molecule has 0 saturated carbocycles. The molecule has 1 aliphatic heterocycles. The molecule has 4 rings (SSSR count). The van der Waals surface area contributed by atoms with Crippen LogP contribution in [0.5, 0.6) is 5.75 Å². The maximum absolute atomic E-state index is 12.3. The Bertz CT molecular complexity index is 937. The predicted octanol–water partition coefficient (Wildman–Crippen LogP) is 4.06. The number of hydrogen-bond acceptors (Lipinski definition) is 2. The van der Waals surface area contributed by atoms with Gasteiger partial charge in [0.1, 0.15) is 5.75 Å². The number of H-pyrrole nitrogens is 1. The highest BCUT2D eigenvalue weighted by Gasteiger charge is 2.24. The number of fused-ring (bicyclic) bond motifs is 2. The van der Waals surface area contributed by atoms with Crippen LogP contribution in [0.25, 0.3) is 22.6 Å². The quantitative estimate of drug-likeness (QED) is 0.717. The average molecular weight is 304 g/mol. The molecule has 0 fully saturated rings. The number of benzene rings is 2. The van der Waals surface area contributed by atoms with Gasteiger partial charge in [-0.2, -0.15) is 0 Å². The number of carbonyl (C=O) groups excluding carboxylic acids is 1. The van der Waals surface area contributed by atoms with Gasteiger partial charge in [0, 0.05) is 23.4 Å². The molecule has 4 heteroatoms. The Balaban J connectivity index is 1.81. The Kier molecular flexibility index (Phi) is 3.15. The molecule has 0 bridgehead atoms. The Morgan fingerprint density at radius 2 is 2.09 bits per heavy atom. The molecule has 0 unspecified atom stereocenters. The van der Waals surface area contributed by atoms with Crippen LogP contribution in [0.4, 0.5) is 5.69 Å². The van der Waals surface area contributed by atoms with E-state index in [0.29, 0.717) is 12.2 Å². The number of anilines is 1. The van der Waals surface area contributed by atoms with Crippen LogP contribution in [-0.2, 0) is 4.79 Å². The summed E-state index contributed by atoms with van der Waals surface area (Å²) in [6, 6.07) is 13.8. The van der Waals surface area contributed by atoms with E-state index in [9.17, 15) is 4.79 Å². The molecule has 3 aromatic rings. The van der Waals surface area contributed by atoms with Crippen LogP contribution in [0, 0.1) is 0 Å². The summed E-state index contributed by atoms with van der Waals surface area (Å²) in [7, 11) is 0. The van der Waals surface area contributed by atoms with Crippen molar-refractivity contribution in [1.29, 1.82) is 0 Å². The van der Waals surface area contributed by atoms with Gasteiger partial charge < -0.3 is 15.0 Å². The lowest BCUT2D eigenvalue weighted by molar-refractivity contribution is -0.110. The summed E-state index contributed by atoms with van der Waals surface area (Å²) < 4.78 is 5.49. The molecule has 2 N–H and O–H groups in total. The van der Waals surface area contributed by atoms with Crippen LogP contribution in [0.3, 0.4) is 0 Å². The zero-order valence-electron chi connectivity index (χ0n) is 12.7. The van der Waals surface area contributed by atoms with Crippen molar-refractivity contribution in [3.05, 3.63) is 59.8 Å². The van der Waals surface area contributed by atoms with Gasteiger partial charge in [0.2, 0.25) is 0 Å². The van der Waals surface area contributed by atoms with E-state index in [1.54, 1.807) is 0 Å². The summed E-state index contributed by atoms with van der Waals surface area (Å²) in [4.78, 5) is 15.6. The van der Waals surface area contributed by atoms with E-state index in [2.05, 4.69) is 10.3 Å². The minimum Gasteiger partial charge on any atom is -0.494 e. The van der Waals surface area contributed by atoms with Crippen LogP contribution < -0.4 is 10.1 Å². The fraction of sp³-hybridized carbons (Fsp3) is 0.105. The monoisotopic (exact) mass is 304 g/mol. The molecule has 2 aromatic carbocycles. The Labute approximate surface area is 133 Å². The molecule has 0 spiro atoms. The second-order valence-corrected chi connectivity index (χ2v) is 5.44. The van der Waals surface area contributed by atoms with Crippen molar-refractivity contribution in [3.63, 3.8) is 0 Å². The van der Waals surface area contributed by atoms with Crippen LogP contribution in [0.1, 0.15) is 18.1 Å². The lowest BCUT2D eigenvalue weighted by Gasteiger charge is -2.05. The molecule has 0 radical (unpaired) electrons. The average Bonchev–Trinajstić information content (AvgIpc) is 3.13. The fourth-order valence-corrected chi connectivity index (χ4v) is 2.96. The Morgan fingerprint density at radius 1 is 1.17 bits per heavy atom. The number of aromatic nitrogens is 1. The summed E-state index contributed by atoms with van der Waals surface area (Å²) in [5.41, 5.74) is 4.41. The Morgan fingerprint density at radius 3 is 2.96 bits per heavy atom.